The number of halogens is 3. The number of hydrogen-bond acceptors (Lipinski definition) is 7. The van der Waals surface area contributed by atoms with Crippen LogP contribution >= 0.6 is 12.4 Å². The Bertz CT molecular complexity index is 3120. The molecular weight excluding hydrogens is 866 g/mol. The molecule has 0 fully saturated rings. The van der Waals surface area contributed by atoms with Crippen LogP contribution in [0.5, 0.6) is 0 Å². The number of benzene rings is 6. The third-order valence-electron chi connectivity index (χ3n) is 13.9. The number of hydroxylamine groups is 3. The lowest BCUT2D eigenvalue weighted by Gasteiger charge is -2.44. The fraction of sp³-hybridized carbons (Fsp3) is 0.241. The van der Waals surface area contributed by atoms with Crippen molar-refractivity contribution in [3.63, 3.8) is 0 Å². The lowest BCUT2D eigenvalue weighted by atomic mass is 9.65. The van der Waals surface area contributed by atoms with Gasteiger partial charge in [-0.15, -0.1) is 17.4 Å². The fourth-order valence-electron chi connectivity index (χ4n) is 10.9. The minimum absolute atomic E-state index is 0. The molecule has 4 N–H and O–H groups in total. The van der Waals surface area contributed by atoms with Crippen molar-refractivity contribution in [2.45, 2.75) is 57.1 Å². The van der Waals surface area contributed by atoms with Crippen molar-refractivity contribution in [1.82, 2.24) is 10.5 Å². The summed E-state index contributed by atoms with van der Waals surface area (Å²) in [7, 11) is 3.21. The molecule has 3 atom stereocenters. The van der Waals surface area contributed by atoms with Crippen molar-refractivity contribution in [1.29, 1.82) is 0 Å². The van der Waals surface area contributed by atoms with Gasteiger partial charge < -0.3 is 10.9 Å². The highest BCUT2D eigenvalue weighted by Crippen LogP contribution is 2.61. The molecule has 0 saturated heterocycles. The summed E-state index contributed by atoms with van der Waals surface area (Å²) in [6.45, 7) is 22.0. The van der Waals surface area contributed by atoms with E-state index in [2.05, 4.69) is 56.1 Å². The fourth-order valence-corrected chi connectivity index (χ4v) is 10.9. The Morgan fingerprint density at radius 2 is 1.22 bits per heavy atom. The second kappa shape index (κ2) is 18.6. The minimum atomic E-state index is -0.960. The monoisotopic (exact) mass is 912 g/mol. The zero-order chi connectivity index (χ0) is 46.2. The highest BCUT2D eigenvalue weighted by molar-refractivity contribution is 6.10. The highest BCUT2D eigenvalue weighted by atomic mass is 35.5. The molecule has 13 heteroatoms. The van der Waals surface area contributed by atoms with Crippen LogP contribution in [0.15, 0.2) is 131 Å². The predicted octanol–water partition coefficient (Wildman–Crippen LogP) is 11.5. The van der Waals surface area contributed by atoms with Crippen LogP contribution in [0.2, 0.25) is 0 Å². The lowest BCUT2D eigenvalue weighted by molar-refractivity contribution is -0.224. The Morgan fingerprint density at radius 3 is 1.81 bits per heavy atom. The van der Waals surface area contributed by atoms with Gasteiger partial charge in [-0.3, -0.25) is 0 Å². The third-order valence-corrected chi connectivity index (χ3v) is 13.9. The van der Waals surface area contributed by atoms with Crippen molar-refractivity contribution < 1.29 is 18.8 Å². The van der Waals surface area contributed by atoms with Gasteiger partial charge in [0.1, 0.15) is 17.3 Å². The number of rotatable bonds is 2. The molecule has 67 heavy (non-hydrogen) atoms. The van der Waals surface area contributed by atoms with Gasteiger partial charge in [0, 0.05) is 36.1 Å². The number of nitrogens with two attached hydrogens (primary N) is 1. The number of guanidine groups is 1. The summed E-state index contributed by atoms with van der Waals surface area (Å²) in [4.78, 5) is 21.9. The van der Waals surface area contributed by atoms with Gasteiger partial charge in [0.25, 0.3) is 0 Å². The summed E-state index contributed by atoms with van der Waals surface area (Å²) < 4.78 is 28.8. The third kappa shape index (κ3) is 8.11. The minimum Gasteiger partial charge on any atom is -0.368 e. The lowest BCUT2D eigenvalue weighted by Crippen LogP contribution is -2.47. The van der Waals surface area contributed by atoms with Gasteiger partial charge in [-0.1, -0.05) is 84.9 Å². The molecule has 1 heterocycles. The zero-order valence-electron chi connectivity index (χ0n) is 37.0. The molecule has 336 valence electrons. The maximum absolute atomic E-state index is 14.5. The molecule has 0 saturated carbocycles. The molecular formula is C54H47ClF2N8O2. The summed E-state index contributed by atoms with van der Waals surface area (Å²) in [5.74, 6) is 0.0672. The maximum Gasteiger partial charge on any atom is 0.221 e. The van der Waals surface area contributed by atoms with E-state index in [0.29, 0.717) is 43.0 Å². The molecule has 0 aromatic heterocycles. The van der Waals surface area contributed by atoms with E-state index in [9.17, 15) is 8.78 Å². The Balaban J connectivity index is 0.000000170. The van der Waals surface area contributed by atoms with E-state index in [1.165, 1.54) is 30.3 Å². The molecule has 11 rings (SSSR count). The van der Waals surface area contributed by atoms with Crippen molar-refractivity contribution >= 4 is 35.5 Å². The van der Waals surface area contributed by atoms with E-state index in [0.717, 1.165) is 87.0 Å². The predicted molar refractivity (Wildman–Crippen MR) is 259 cm³/mol. The summed E-state index contributed by atoms with van der Waals surface area (Å²) in [5, 5.41) is 13.1. The van der Waals surface area contributed by atoms with Gasteiger partial charge >= 0.3 is 0 Å². The maximum atomic E-state index is 14.5. The van der Waals surface area contributed by atoms with Crippen LogP contribution in [0, 0.1) is 42.2 Å². The first-order valence-electron chi connectivity index (χ1n) is 21.8. The second-order valence-electron chi connectivity index (χ2n) is 17.6. The molecule has 0 bridgehead atoms. The average Bonchev–Trinajstić information content (AvgIpc) is 3.90. The highest BCUT2D eigenvalue weighted by Gasteiger charge is 2.63. The van der Waals surface area contributed by atoms with Crippen molar-refractivity contribution in [3.05, 3.63) is 212 Å². The molecule has 6 aromatic carbocycles. The van der Waals surface area contributed by atoms with Crippen LogP contribution in [0.3, 0.4) is 0 Å². The molecule has 1 aliphatic heterocycles. The van der Waals surface area contributed by atoms with Gasteiger partial charge in [-0.2, -0.15) is 6.57 Å². The molecule has 0 radical (unpaired) electrons. The number of nitrogens with zero attached hydrogens (tertiary/aromatic N) is 6. The Morgan fingerprint density at radius 1 is 0.701 bits per heavy atom. The average molecular weight is 913 g/mol. The zero-order valence-corrected chi connectivity index (χ0v) is 37.8. The van der Waals surface area contributed by atoms with Gasteiger partial charge in [0.2, 0.25) is 11.7 Å². The largest absolute Gasteiger partial charge is 0.368 e. The summed E-state index contributed by atoms with van der Waals surface area (Å²) in [5.41, 5.74) is 20.4. The Labute approximate surface area is 395 Å². The Hall–Kier alpha value is -7.24. The van der Waals surface area contributed by atoms with Crippen molar-refractivity contribution in [2.24, 2.45) is 26.7 Å². The summed E-state index contributed by atoms with van der Waals surface area (Å²) >= 11 is 0. The molecule has 5 aliphatic rings. The number of hydrogen-bond donors (Lipinski definition) is 3. The second-order valence-corrected chi connectivity index (χ2v) is 17.6. The van der Waals surface area contributed by atoms with Crippen LogP contribution < -0.4 is 11.2 Å². The van der Waals surface area contributed by atoms with E-state index in [4.69, 9.17) is 40.5 Å². The molecule has 10 nitrogen and oxygen atoms in total. The number of aliphatic imine (C=N–C) groups is 1. The molecule has 3 unspecified atom stereocenters. The number of fused-ring (bicyclic) bond motifs is 6. The SMILES string of the molecule is CNO.Cl.[C-]#[N+]/N=C1\c2cc(-c3cccc([N+]#[C-])c3)ccc2CC12CCc1c(F)cccc1C2.[C-]#[N+]c1cccc(-c2ccc3c(c2)C2(N=C(N)N(C)O2)C2(CCc4c(F)cccc4C2)C3)c1. The smallest absolute Gasteiger partial charge is 0.221 e. The van der Waals surface area contributed by atoms with E-state index in [-0.39, 0.29) is 34.9 Å². The molecule has 6 aromatic rings. The summed E-state index contributed by atoms with van der Waals surface area (Å²) in [6.07, 6.45) is 5.80. The van der Waals surface area contributed by atoms with Crippen LogP contribution in [0.4, 0.5) is 20.2 Å². The standard InChI is InChI=1S/C27H23FN4O.C26H18FN3.CH5NO.ClH/c1-30-21-7-3-5-17(13-21)18-9-10-20-16-26(12-11-22-19(15-26)6-4-8-24(22)28)27(23(20)14-18)31-25(29)32(2)33-27;1-28-21-7-3-5-17(13-21)18-9-10-20-16-26(25(30-29-2)23(20)14-18)12-11-22-19(15-26)6-4-8-24(22)27;1-2-3;/h3-10,13-14H,11-12,15-16H2,2H3,(H2,29,31);3-10,13-14H,11-12,15-16H2;2-3H,1H3;1H/b;30-25+;;. The van der Waals surface area contributed by atoms with E-state index < -0.39 is 5.72 Å². The first-order chi connectivity index (χ1) is 32.0. The van der Waals surface area contributed by atoms with Crippen molar-refractivity contribution in [2.75, 3.05) is 14.1 Å². The quantitative estimate of drug-likeness (QED) is 0.118. The van der Waals surface area contributed by atoms with Gasteiger partial charge in [-0.05, 0) is 143 Å². The van der Waals surface area contributed by atoms with Crippen molar-refractivity contribution in [3.8, 4) is 22.3 Å². The first-order valence-corrected chi connectivity index (χ1v) is 21.8. The van der Waals surface area contributed by atoms with Gasteiger partial charge in [0.05, 0.1) is 18.2 Å². The van der Waals surface area contributed by atoms with Crippen LogP contribution in [0.25, 0.3) is 36.9 Å². The molecule has 3 spiro atoms. The summed E-state index contributed by atoms with van der Waals surface area (Å²) in [6, 6.07) is 38.4. The molecule has 0 amide bonds. The van der Waals surface area contributed by atoms with Gasteiger partial charge in [-0.25, -0.2) is 38.8 Å². The van der Waals surface area contributed by atoms with Crippen LogP contribution in [0.1, 0.15) is 57.3 Å². The van der Waals surface area contributed by atoms with Crippen LogP contribution in [-0.4, -0.2) is 36.0 Å². The number of nitrogens with one attached hydrogen (secondary N) is 1. The first kappa shape index (κ1) is 46.3. The molecule has 4 aliphatic carbocycles. The Kier molecular flexibility index (Phi) is 12.8. The van der Waals surface area contributed by atoms with E-state index in [1.54, 1.807) is 41.9 Å². The van der Waals surface area contributed by atoms with Crippen LogP contribution in [-0.2, 0) is 49.1 Å². The normalized spacial score (nSPS) is 21.8. The van der Waals surface area contributed by atoms with Gasteiger partial charge in [0.15, 0.2) is 11.4 Å². The van der Waals surface area contributed by atoms with E-state index >= 15 is 0 Å². The topological polar surface area (TPSA) is 109 Å². The van der Waals surface area contributed by atoms with E-state index in [1.807, 2.05) is 48.5 Å².